The first-order valence-corrected chi connectivity index (χ1v) is 6.90. The highest BCUT2D eigenvalue weighted by Crippen LogP contribution is 2.30. The zero-order valence-electron chi connectivity index (χ0n) is 9.42. The molecule has 6 heteroatoms. The summed E-state index contributed by atoms with van der Waals surface area (Å²) in [7, 11) is 0. The van der Waals surface area contributed by atoms with Crippen molar-refractivity contribution in [3.8, 4) is 0 Å². The second-order valence-corrected chi connectivity index (χ2v) is 5.49. The summed E-state index contributed by atoms with van der Waals surface area (Å²) in [4.78, 5) is 8.53. The van der Waals surface area contributed by atoms with Gasteiger partial charge in [0.1, 0.15) is 17.5 Å². The molecule has 0 radical (unpaired) electrons. The Morgan fingerprint density at radius 3 is 3.06 bits per heavy atom. The van der Waals surface area contributed by atoms with Crippen molar-refractivity contribution in [2.75, 3.05) is 12.3 Å². The maximum atomic E-state index is 5.74. The van der Waals surface area contributed by atoms with Gasteiger partial charge < -0.3 is 10.5 Å². The third-order valence-electron chi connectivity index (χ3n) is 1.90. The number of hydrogen-bond acceptors (Lipinski definition) is 6. The first-order valence-electron chi connectivity index (χ1n) is 5.20. The Kier molecular flexibility index (Phi) is 4.36. The van der Waals surface area contributed by atoms with Gasteiger partial charge in [-0.3, -0.25) is 0 Å². The number of aromatic nitrogens is 2. The molecular weight excluding hydrogens is 254 g/mol. The van der Waals surface area contributed by atoms with E-state index in [-0.39, 0.29) is 0 Å². The number of nitrogens with two attached hydrogens (primary N) is 1. The van der Waals surface area contributed by atoms with Crippen molar-refractivity contribution in [3.63, 3.8) is 0 Å². The Hall–Kier alpha value is -1.11. The minimum Gasteiger partial charge on any atom is -0.384 e. The summed E-state index contributed by atoms with van der Waals surface area (Å²) in [5.74, 6) is 1.11. The second-order valence-electron chi connectivity index (χ2n) is 3.22. The molecule has 0 aliphatic heterocycles. The Morgan fingerprint density at radius 2 is 2.35 bits per heavy atom. The van der Waals surface area contributed by atoms with E-state index in [4.69, 9.17) is 10.5 Å². The summed E-state index contributed by atoms with van der Waals surface area (Å²) in [6.45, 7) is 2.98. The predicted octanol–water partition coefficient (Wildman–Crippen LogP) is 2.81. The van der Waals surface area contributed by atoms with Crippen molar-refractivity contribution in [2.24, 2.45) is 0 Å². The molecule has 0 amide bonds. The Bertz CT molecular complexity index is 474. The molecule has 0 saturated heterocycles. The highest BCUT2D eigenvalue weighted by molar-refractivity contribution is 8.01. The average Bonchev–Trinajstić information content (AvgIpc) is 2.78. The van der Waals surface area contributed by atoms with Gasteiger partial charge in [0.25, 0.3) is 0 Å². The molecule has 2 heterocycles. The predicted molar refractivity (Wildman–Crippen MR) is 70.2 cm³/mol. The van der Waals surface area contributed by atoms with E-state index in [1.54, 1.807) is 29.2 Å². The van der Waals surface area contributed by atoms with Crippen LogP contribution in [0, 0.1) is 0 Å². The molecule has 0 aliphatic rings. The van der Waals surface area contributed by atoms with Crippen molar-refractivity contribution in [3.05, 3.63) is 29.4 Å². The number of anilines is 1. The van der Waals surface area contributed by atoms with Crippen LogP contribution in [0.3, 0.4) is 0 Å². The van der Waals surface area contributed by atoms with Gasteiger partial charge in [0.2, 0.25) is 0 Å². The third kappa shape index (κ3) is 3.69. The van der Waals surface area contributed by atoms with Gasteiger partial charge in [-0.25, -0.2) is 9.97 Å². The molecule has 0 fully saturated rings. The molecule has 0 aliphatic carbocycles. The van der Waals surface area contributed by atoms with Crippen LogP contribution in [0.25, 0.3) is 0 Å². The lowest BCUT2D eigenvalue weighted by Crippen LogP contribution is -2.03. The molecular formula is C11H13N3OS2. The minimum atomic E-state index is 0.402. The monoisotopic (exact) mass is 267 g/mol. The van der Waals surface area contributed by atoms with Gasteiger partial charge in [0.05, 0.1) is 4.21 Å². The first-order chi connectivity index (χ1) is 8.28. The summed E-state index contributed by atoms with van der Waals surface area (Å²) < 4.78 is 6.46. The quantitative estimate of drug-likeness (QED) is 0.844. The molecule has 0 unspecified atom stereocenters. The van der Waals surface area contributed by atoms with Gasteiger partial charge in [-0.05, 0) is 18.4 Å². The molecule has 0 bridgehead atoms. The molecule has 4 nitrogen and oxygen atoms in total. The third-order valence-corrected chi connectivity index (χ3v) is 3.86. The van der Waals surface area contributed by atoms with E-state index in [0.29, 0.717) is 24.9 Å². The molecule has 2 aromatic rings. The number of ether oxygens (including phenoxy) is 1. The molecule has 0 spiro atoms. The number of nitrogens with zero attached hydrogens (tertiary/aromatic N) is 2. The molecule has 2 aromatic heterocycles. The van der Waals surface area contributed by atoms with Crippen LogP contribution in [0.15, 0.2) is 32.8 Å². The minimum absolute atomic E-state index is 0.402. The van der Waals surface area contributed by atoms with Gasteiger partial charge >= 0.3 is 0 Å². The van der Waals surface area contributed by atoms with Crippen molar-refractivity contribution >= 4 is 28.9 Å². The van der Waals surface area contributed by atoms with Gasteiger partial charge in [0.15, 0.2) is 5.82 Å². The Balaban J connectivity index is 2.13. The maximum absolute atomic E-state index is 5.74. The number of thiophene rings is 1. The lowest BCUT2D eigenvalue weighted by atomic mass is 10.5. The number of hydrogen-bond donors (Lipinski definition) is 1. The van der Waals surface area contributed by atoms with Gasteiger partial charge in [-0.2, -0.15) is 0 Å². The van der Waals surface area contributed by atoms with Crippen LogP contribution in [-0.4, -0.2) is 16.6 Å². The zero-order chi connectivity index (χ0) is 12.1. The first kappa shape index (κ1) is 12.3. The van der Waals surface area contributed by atoms with E-state index >= 15 is 0 Å². The normalized spacial score (nSPS) is 10.6. The Morgan fingerprint density at radius 1 is 1.47 bits per heavy atom. The fraction of sp³-hybridized carbons (Fsp3) is 0.273. The lowest BCUT2D eigenvalue weighted by Gasteiger charge is -2.04. The van der Waals surface area contributed by atoms with Crippen LogP contribution in [0.1, 0.15) is 12.7 Å². The molecule has 17 heavy (non-hydrogen) atoms. The number of rotatable bonds is 5. The molecule has 2 rings (SSSR count). The van der Waals surface area contributed by atoms with E-state index < -0.39 is 0 Å². The largest absolute Gasteiger partial charge is 0.384 e. The summed E-state index contributed by atoms with van der Waals surface area (Å²) in [6.07, 6.45) is 0. The summed E-state index contributed by atoms with van der Waals surface area (Å²) in [5, 5.41) is 2.89. The summed E-state index contributed by atoms with van der Waals surface area (Å²) >= 11 is 3.27. The fourth-order valence-electron chi connectivity index (χ4n) is 1.23. The second kappa shape index (κ2) is 6.00. The van der Waals surface area contributed by atoms with Crippen molar-refractivity contribution in [2.45, 2.75) is 22.8 Å². The highest BCUT2D eigenvalue weighted by Gasteiger charge is 2.05. The van der Waals surface area contributed by atoms with Crippen molar-refractivity contribution in [1.29, 1.82) is 0 Å². The van der Waals surface area contributed by atoms with Crippen LogP contribution in [0.4, 0.5) is 5.82 Å². The Labute approximate surface area is 108 Å². The van der Waals surface area contributed by atoms with Crippen LogP contribution >= 0.6 is 23.1 Å². The van der Waals surface area contributed by atoms with E-state index in [1.165, 1.54) is 4.21 Å². The van der Waals surface area contributed by atoms with E-state index in [0.717, 1.165) is 5.03 Å². The standard InChI is InChI=1S/C11H13N3OS2/c1-2-15-7-9-13-8(12)6-10(14-9)17-11-4-3-5-16-11/h3-6H,2,7H2,1H3,(H2,12,13,14). The van der Waals surface area contributed by atoms with Gasteiger partial charge in [-0.1, -0.05) is 17.8 Å². The van der Waals surface area contributed by atoms with Crippen LogP contribution in [0.2, 0.25) is 0 Å². The van der Waals surface area contributed by atoms with E-state index in [1.807, 2.05) is 18.4 Å². The summed E-state index contributed by atoms with van der Waals surface area (Å²) in [6, 6.07) is 5.84. The van der Waals surface area contributed by atoms with Crippen LogP contribution in [-0.2, 0) is 11.3 Å². The molecule has 0 aromatic carbocycles. The SMILES string of the molecule is CCOCc1nc(N)cc(Sc2cccs2)n1. The maximum Gasteiger partial charge on any atom is 0.157 e. The fourth-order valence-corrected chi connectivity index (χ4v) is 2.97. The summed E-state index contributed by atoms with van der Waals surface area (Å²) in [5.41, 5.74) is 5.74. The van der Waals surface area contributed by atoms with Crippen LogP contribution in [0.5, 0.6) is 0 Å². The average molecular weight is 267 g/mol. The lowest BCUT2D eigenvalue weighted by molar-refractivity contribution is 0.128. The molecule has 0 saturated carbocycles. The van der Waals surface area contributed by atoms with Crippen LogP contribution < -0.4 is 5.73 Å². The van der Waals surface area contributed by atoms with Gasteiger partial charge in [0, 0.05) is 12.7 Å². The van der Waals surface area contributed by atoms with Crippen molar-refractivity contribution in [1.82, 2.24) is 9.97 Å². The van der Waals surface area contributed by atoms with E-state index in [2.05, 4.69) is 16.0 Å². The number of nitrogen functional groups attached to an aromatic ring is 1. The van der Waals surface area contributed by atoms with E-state index in [9.17, 15) is 0 Å². The highest BCUT2D eigenvalue weighted by atomic mass is 32.2. The zero-order valence-corrected chi connectivity index (χ0v) is 11.1. The smallest absolute Gasteiger partial charge is 0.157 e. The molecule has 2 N–H and O–H groups in total. The molecule has 90 valence electrons. The van der Waals surface area contributed by atoms with Crippen molar-refractivity contribution < 1.29 is 4.74 Å². The topological polar surface area (TPSA) is 61.0 Å². The molecule has 0 atom stereocenters. The van der Waals surface area contributed by atoms with Gasteiger partial charge in [-0.15, -0.1) is 11.3 Å².